The summed E-state index contributed by atoms with van der Waals surface area (Å²) in [6.45, 7) is 1.42. The van der Waals surface area contributed by atoms with Crippen LogP contribution in [0.15, 0.2) is 36.4 Å². The Balaban J connectivity index is 1.53. The molecule has 1 aliphatic carbocycles. The molecule has 2 N–H and O–H groups in total. The lowest BCUT2D eigenvalue weighted by molar-refractivity contribution is -0.127. The molecule has 3 amide bonds. The summed E-state index contributed by atoms with van der Waals surface area (Å²) in [6, 6.07) is 10.2. The molecule has 1 heterocycles. The number of para-hydroxylation sites is 1. The van der Waals surface area contributed by atoms with Gasteiger partial charge in [-0.25, -0.2) is 14.6 Å². The highest BCUT2D eigenvalue weighted by Gasteiger charge is 2.23. The van der Waals surface area contributed by atoms with Gasteiger partial charge in [0.1, 0.15) is 5.69 Å². The molecule has 7 nitrogen and oxygen atoms in total. The molecule has 142 valence electrons. The van der Waals surface area contributed by atoms with E-state index in [0.29, 0.717) is 5.52 Å². The van der Waals surface area contributed by atoms with Crippen molar-refractivity contribution in [2.45, 2.75) is 51.2 Å². The summed E-state index contributed by atoms with van der Waals surface area (Å²) in [7, 11) is 0. The summed E-state index contributed by atoms with van der Waals surface area (Å²) in [4.78, 5) is 40.5. The molecule has 1 aliphatic rings. The van der Waals surface area contributed by atoms with Gasteiger partial charge in [0, 0.05) is 11.4 Å². The summed E-state index contributed by atoms with van der Waals surface area (Å²) in [6.07, 6.45) is 4.05. The molecule has 0 saturated heterocycles. The molecule has 1 fully saturated rings. The number of benzene rings is 1. The van der Waals surface area contributed by atoms with E-state index in [0.717, 1.165) is 31.1 Å². The van der Waals surface area contributed by atoms with Crippen molar-refractivity contribution in [3.8, 4) is 0 Å². The van der Waals surface area contributed by atoms with Crippen LogP contribution in [-0.2, 0) is 9.53 Å². The number of imide groups is 1. The van der Waals surface area contributed by atoms with Crippen molar-refractivity contribution in [3.05, 3.63) is 42.1 Å². The summed E-state index contributed by atoms with van der Waals surface area (Å²) in [5.41, 5.74) is 0.774. The molecule has 0 unspecified atom stereocenters. The van der Waals surface area contributed by atoms with E-state index in [1.165, 1.54) is 13.3 Å². The molecule has 1 atom stereocenters. The minimum atomic E-state index is -1.11. The standard InChI is InChI=1S/C20H23N3O4/c1-13(18(24)23-20(26)21-15-8-3-2-4-9-15)27-19(25)17-12-11-14-7-5-6-10-16(14)22-17/h5-7,10-13,15H,2-4,8-9H2,1H3,(H2,21,23,24,26)/t13-/m0/s1. The minimum Gasteiger partial charge on any atom is -0.448 e. The normalized spacial score (nSPS) is 15.7. The zero-order valence-corrected chi connectivity index (χ0v) is 15.2. The number of ether oxygens (including phenoxy) is 1. The number of nitrogens with zero attached hydrogens (tertiary/aromatic N) is 1. The first-order chi connectivity index (χ1) is 13.0. The van der Waals surface area contributed by atoms with E-state index in [1.54, 1.807) is 18.2 Å². The monoisotopic (exact) mass is 369 g/mol. The topological polar surface area (TPSA) is 97.4 Å². The summed E-state index contributed by atoms with van der Waals surface area (Å²) < 4.78 is 5.14. The van der Waals surface area contributed by atoms with Crippen LogP contribution in [0.3, 0.4) is 0 Å². The Morgan fingerprint density at radius 1 is 1.07 bits per heavy atom. The Hall–Kier alpha value is -2.96. The zero-order chi connectivity index (χ0) is 19.2. The van der Waals surface area contributed by atoms with Crippen molar-refractivity contribution in [1.29, 1.82) is 0 Å². The summed E-state index contributed by atoms with van der Waals surface area (Å²) >= 11 is 0. The Morgan fingerprint density at radius 2 is 1.81 bits per heavy atom. The zero-order valence-electron chi connectivity index (χ0n) is 15.2. The Bertz CT molecular complexity index is 846. The van der Waals surface area contributed by atoms with Crippen molar-refractivity contribution in [2.75, 3.05) is 0 Å². The van der Waals surface area contributed by atoms with E-state index >= 15 is 0 Å². The average molecular weight is 369 g/mol. The van der Waals surface area contributed by atoms with Gasteiger partial charge in [-0.2, -0.15) is 0 Å². The van der Waals surface area contributed by atoms with Crippen LogP contribution in [0.4, 0.5) is 4.79 Å². The fraction of sp³-hybridized carbons (Fsp3) is 0.400. The molecule has 0 bridgehead atoms. The number of fused-ring (bicyclic) bond motifs is 1. The van der Waals surface area contributed by atoms with E-state index < -0.39 is 24.0 Å². The van der Waals surface area contributed by atoms with Gasteiger partial charge in [0.15, 0.2) is 6.10 Å². The number of esters is 1. The van der Waals surface area contributed by atoms with Gasteiger partial charge in [-0.1, -0.05) is 43.5 Å². The van der Waals surface area contributed by atoms with E-state index in [2.05, 4.69) is 15.6 Å². The van der Waals surface area contributed by atoms with Gasteiger partial charge in [-0.05, 0) is 31.9 Å². The molecule has 0 radical (unpaired) electrons. The number of urea groups is 1. The second-order valence-electron chi connectivity index (χ2n) is 6.73. The lowest BCUT2D eigenvalue weighted by atomic mass is 9.96. The van der Waals surface area contributed by atoms with Crippen LogP contribution in [-0.4, -0.2) is 35.0 Å². The fourth-order valence-electron chi connectivity index (χ4n) is 3.14. The predicted molar refractivity (Wildman–Crippen MR) is 100 cm³/mol. The number of rotatable bonds is 4. The number of carbonyl (C=O) groups is 3. The van der Waals surface area contributed by atoms with Crippen LogP contribution >= 0.6 is 0 Å². The first-order valence-electron chi connectivity index (χ1n) is 9.21. The van der Waals surface area contributed by atoms with Crippen LogP contribution < -0.4 is 10.6 Å². The van der Waals surface area contributed by atoms with E-state index in [1.807, 2.05) is 18.2 Å². The lowest BCUT2D eigenvalue weighted by Crippen LogP contribution is -2.48. The van der Waals surface area contributed by atoms with Gasteiger partial charge in [-0.3, -0.25) is 10.1 Å². The minimum absolute atomic E-state index is 0.0891. The highest BCUT2D eigenvalue weighted by Crippen LogP contribution is 2.17. The van der Waals surface area contributed by atoms with Crippen LogP contribution in [0.5, 0.6) is 0 Å². The quantitative estimate of drug-likeness (QED) is 0.808. The Labute approximate surface area is 157 Å². The highest BCUT2D eigenvalue weighted by molar-refractivity contribution is 5.98. The third-order valence-electron chi connectivity index (χ3n) is 4.64. The van der Waals surface area contributed by atoms with Crippen LogP contribution in [0.1, 0.15) is 49.5 Å². The second-order valence-corrected chi connectivity index (χ2v) is 6.73. The molecular weight excluding hydrogens is 346 g/mol. The SMILES string of the molecule is C[C@H](OC(=O)c1ccc2ccccc2n1)C(=O)NC(=O)NC1CCCCC1. The van der Waals surface area contributed by atoms with Gasteiger partial charge in [0.05, 0.1) is 5.52 Å². The Kier molecular flexibility index (Phi) is 6.01. The van der Waals surface area contributed by atoms with Crippen molar-refractivity contribution in [3.63, 3.8) is 0 Å². The smallest absolute Gasteiger partial charge is 0.357 e. The van der Waals surface area contributed by atoms with Gasteiger partial charge in [0.2, 0.25) is 0 Å². The second kappa shape index (κ2) is 8.62. The number of hydrogen-bond acceptors (Lipinski definition) is 5. The first-order valence-corrected chi connectivity index (χ1v) is 9.21. The summed E-state index contributed by atoms with van der Waals surface area (Å²) in [5.74, 6) is -1.38. The number of amides is 3. The van der Waals surface area contributed by atoms with E-state index in [-0.39, 0.29) is 11.7 Å². The van der Waals surface area contributed by atoms with Gasteiger partial charge >= 0.3 is 12.0 Å². The Morgan fingerprint density at radius 3 is 2.59 bits per heavy atom. The number of hydrogen-bond donors (Lipinski definition) is 2. The largest absolute Gasteiger partial charge is 0.448 e. The molecule has 1 aromatic carbocycles. The molecule has 7 heteroatoms. The molecule has 0 aliphatic heterocycles. The predicted octanol–water partition coefficient (Wildman–Crippen LogP) is 2.94. The van der Waals surface area contributed by atoms with E-state index in [4.69, 9.17) is 4.74 Å². The summed E-state index contributed by atoms with van der Waals surface area (Å²) in [5, 5.41) is 5.91. The van der Waals surface area contributed by atoms with Crippen molar-refractivity contribution in [2.24, 2.45) is 0 Å². The maximum absolute atomic E-state index is 12.2. The molecule has 1 aromatic heterocycles. The molecular formula is C20H23N3O4. The number of nitrogens with one attached hydrogen (secondary N) is 2. The molecule has 1 saturated carbocycles. The van der Waals surface area contributed by atoms with Crippen molar-refractivity contribution in [1.82, 2.24) is 15.6 Å². The van der Waals surface area contributed by atoms with Gasteiger partial charge in [0.25, 0.3) is 5.91 Å². The van der Waals surface area contributed by atoms with Crippen molar-refractivity contribution >= 4 is 28.8 Å². The van der Waals surface area contributed by atoms with Crippen molar-refractivity contribution < 1.29 is 19.1 Å². The van der Waals surface area contributed by atoms with Crippen LogP contribution in [0.2, 0.25) is 0 Å². The molecule has 0 spiro atoms. The molecule has 2 aromatic rings. The van der Waals surface area contributed by atoms with Gasteiger partial charge < -0.3 is 10.1 Å². The maximum Gasteiger partial charge on any atom is 0.357 e. The first kappa shape index (κ1) is 18.8. The fourth-order valence-corrected chi connectivity index (χ4v) is 3.14. The molecule has 3 rings (SSSR count). The number of carbonyl (C=O) groups excluding carboxylic acids is 3. The third kappa shape index (κ3) is 5.03. The third-order valence-corrected chi connectivity index (χ3v) is 4.64. The number of aromatic nitrogens is 1. The van der Waals surface area contributed by atoms with E-state index in [9.17, 15) is 14.4 Å². The van der Waals surface area contributed by atoms with Crippen LogP contribution in [0, 0.1) is 0 Å². The average Bonchev–Trinajstić information content (AvgIpc) is 2.68. The van der Waals surface area contributed by atoms with Gasteiger partial charge in [-0.15, -0.1) is 0 Å². The van der Waals surface area contributed by atoms with Crippen LogP contribution in [0.25, 0.3) is 10.9 Å². The number of pyridine rings is 1. The lowest BCUT2D eigenvalue weighted by Gasteiger charge is -2.23. The maximum atomic E-state index is 12.2. The molecule has 27 heavy (non-hydrogen) atoms. The highest BCUT2D eigenvalue weighted by atomic mass is 16.5.